The molecule has 0 radical (unpaired) electrons. The van der Waals surface area contributed by atoms with E-state index in [9.17, 15) is 0 Å². The van der Waals surface area contributed by atoms with Crippen molar-refractivity contribution >= 4 is 33.9 Å². The standard InChI is InChI=1S/C13H15N3S2/c1-10(2)8-9-17-13-16-15-12(18-13)14-11-6-4-3-5-7-11/h3-8H,9H2,1-2H3,(H,14,15). The number of hydrogen-bond acceptors (Lipinski definition) is 5. The summed E-state index contributed by atoms with van der Waals surface area (Å²) in [6, 6.07) is 10.0. The van der Waals surface area contributed by atoms with Crippen molar-refractivity contribution < 1.29 is 0 Å². The highest BCUT2D eigenvalue weighted by molar-refractivity contribution is 8.01. The number of hydrogen-bond donors (Lipinski definition) is 1. The van der Waals surface area contributed by atoms with Crippen LogP contribution in [0.3, 0.4) is 0 Å². The van der Waals surface area contributed by atoms with Gasteiger partial charge in [0.1, 0.15) is 0 Å². The van der Waals surface area contributed by atoms with Crippen LogP contribution < -0.4 is 5.32 Å². The van der Waals surface area contributed by atoms with Crippen molar-refractivity contribution in [3.05, 3.63) is 42.0 Å². The van der Waals surface area contributed by atoms with Gasteiger partial charge in [0.05, 0.1) is 0 Å². The van der Waals surface area contributed by atoms with Crippen LogP contribution in [-0.2, 0) is 0 Å². The van der Waals surface area contributed by atoms with Gasteiger partial charge in [-0.2, -0.15) is 0 Å². The summed E-state index contributed by atoms with van der Waals surface area (Å²) in [5.41, 5.74) is 2.36. The van der Waals surface area contributed by atoms with Crippen molar-refractivity contribution in [2.24, 2.45) is 0 Å². The fraction of sp³-hybridized carbons (Fsp3) is 0.231. The van der Waals surface area contributed by atoms with Crippen LogP contribution in [0.4, 0.5) is 10.8 Å². The monoisotopic (exact) mass is 277 g/mol. The van der Waals surface area contributed by atoms with E-state index in [2.05, 4.69) is 35.4 Å². The number of benzene rings is 1. The summed E-state index contributed by atoms with van der Waals surface area (Å²) < 4.78 is 0.992. The van der Waals surface area contributed by atoms with Crippen molar-refractivity contribution in [3.63, 3.8) is 0 Å². The van der Waals surface area contributed by atoms with Gasteiger partial charge < -0.3 is 5.32 Å². The Morgan fingerprint density at radius 3 is 2.78 bits per heavy atom. The molecule has 5 heteroatoms. The van der Waals surface area contributed by atoms with E-state index < -0.39 is 0 Å². The van der Waals surface area contributed by atoms with Crippen molar-refractivity contribution in [3.8, 4) is 0 Å². The van der Waals surface area contributed by atoms with Crippen molar-refractivity contribution in [1.29, 1.82) is 0 Å². The van der Waals surface area contributed by atoms with Gasteiger partial charge in [0.15, 0.2) is 4.34 Å². The Hall–Kier alpha value is -1.33. The van der Waals surface area contributed by atoms with Crippen molar-refractivity contribution in [2.45, 2.75) is 18.2 Å². The van der Waals surface area contributed by atoms with Gasteiger partial charge >= 0.3 is 0 Å². The van der Waals surface area contributed by atoms with Gasteiger partial charge in [0, 0.05) is 11.4 Å². The highest BCUT2D eigenvalue weighted by atomic mass is 32.2. The average Bonchev–Trinajstić information content (AvgIpc) is 2.78. The van der Waals surface area contributed by atoms with Gasteiger partial charge in [-0.15, -0.1) is 10.2 Å². The van der Waals surface area contributed by atoms with Gasteiger partial charge in [-0.25, -0.2) is 0 Å². The molecular formula is C13H15N3S2. The lowest BCUT2D eigenvalue weighted by molar-refractivity contribution is 1.01. The Kier molecular flexibility index (Phi) is 4.78. The lowest BCUT2D eigenvalue weighted by Crippen LogP contribution is -1.87. The minimum absolute atomic E-state index is 0.834. The molecule has 0 amide bonds. The number of rotatable bonds is 5. The van der Waals surface area contributed by atoms with Crippen LogP contribution >= 0.6 is 23.1 Å². The van der Waals surface area contributed by atoms with Crippen LogP contribution in [0.25, 0.3) is 0 Å². The highest BCUT2D eigenvalue weighted by Crippen LogP contribution is 2.27. The second-order valence-electron chi connectivity index (χ2n) is 3.96. The summed E-state index contributed by atoms with van der Waals surface area (Å²) in [5.74, 6) is 0.947. The smallest absolute Gasteiger partial charge is 0.210 e. The molecule has 94 valence electrons. The fourth-order valence-corrected chi connectivity index (χ4v) is 3.08. The zero-order chi connectivity index (χ0) is 12.8. The summed E-state index contributed by atoms with van der Waals surface area (Å²) in [5, 5.41) is 12.3. The summed E-state index contributed by atoms with van der Waals surface area (Å²) in [7, 11) is 0. The molecule has 1 N–H and O–H groups in total. The zero-order valence-corrected chi connectivity index (χ0v) is 12.0. The molecule has 2 aromatic rings. The molecule has 0 aliphatic rings. The first kappa shape index (κ1) is 13.1. The average molecular weight is 277 g/mol. The minimum Gasteiger partial charge on any atom is -0.330 e. The summed E-state index contributed by atoms with van der Waals surface area (Å²) in [6.45, 7) is 4.20. The van der Waals surface area contributed by atoms with E-state index in [-0.39, 0.29) is 0 Å². The fourth-order valence-electron chi connectivity index (χ4n) is 1.24. The molecule has 0 unspecified atom stereocenters. The summed E-state index contributed by atoms with van der Waals surface area (Å²) >= 11 is 3.29. The van der Waals surface area contributed by atoms with Crippen LogP contribution in [0, 0.1) is 0 Å². The maximum atomic E-state index is 4.15. The second kappa shape index (κ2) is 6.56. The number of anilines is 2. The van der Waals surface area contributed by atoms with E-state index in [0.717, 1.165) is 20.9 Å². The number of aromatic nitrogens is 2. The van der Waals surface area contributed by atoms with Crippen LogP contribution in [-0.4, -0.2) is 16.0 Å². The number of nitrogens with zero attached hydrogens (tertiary/aromatic N) is 2. The Labute approximate surface area is 115 Å². The Morgan fingerprint density at radius 2 is 2.06 bits per heavy atom. The van der Waals surface area contributed by atoms with Crippen LogP contribution in [0.2, 0.25) is 0 Å². The SMILES string of the molecule is CC(C)=CCSc1nnc(Nc2ccccc2)s1. The number of para-hydroxylation sites is 1. The molecule has 18 heavy (non-hydrogen) atoms. The van der Waals surface area contributed by atoms with E-state index >= 15 is 0 Å². The number of allylic oxidation sites excluding steroid dienone is 1. The molecular weight excluding hydrogens is 262 g/mol. The van der Waals surface area contributed by atoms with Crippen LogP contribution in [0.5, 0.6) is 0 Å². The molecule has 0 fully saturated rings. The molecule has 1 aromatic heterocycles. The van der Waals surface area contributed by atoms with Crippen LogP contribution in [0.1, 0.15) is 13.8 Å². The molecule has 0 aliphatic carbocycles. The van der Waals surface area contributed by atoms with E-state index in [4.69, 9.17) is 0 Å². The molecule has 2 rings (SSSR count). The molecule has 0 spiro atoms. The number of nitrogens with one attached hydrogen (secondary N) is 1. The summed E-state index contributed by atoms with van der Waals surface area (Å²) in [4.78, 5) is 0. The number of thioether (sulfide) groups is 1. The predicted octanol–water partition coefficient (Wildman–Crippen LogP) is 4.34. The zero-order valence-electron chi connectivity index (χ0n) is 10.4. The Balaban J connectivity index is 1.92. The van der Waals surface area contributed by atoms with Crippen molar-refractivity contribution in [1.82, 2.24) is 10.2 Å². The maximum Gasteiger partial charge on any atom is 0.210 e. The van der Waals surface area contributed by atoms with E-state index in [1.165, 1.54) is 5.57 Å². The van der Waals surface area contributed by atoms with E-state index in [0.29, 0.717) is 0 Å². The Morgan fingerprint density at radius 1 is 1.28 bits per heavy atom. The first-order valence-electron chi connectivity index (χ1n) is 5.66. The quantitative estimate of drug-likeness (QED) is 0.651. The van der Waals surface area contributed by atoms with Gasteiger partial charge in [-0.1, -0.05) is 52.9 Å². The molecule has 0 aliphatic heterocycles. The molecule has 1 heterocycles. The van der Waals surface area contributed by atoms with Gasteiger partial charge in [0.25, 0.3) is 0 Å². The molecule has 0 saturated heterocycles. The normalized spacial score (nSPS) is 10.1. The van der Waals surface area contributed by atoms with Gasteiger partial charge in [0.2, 0.25) is 5.13 Å². The van der Waals surface area contributed by atoms with Crippen LogP contribution in [0.15, 0.2) is 46.3 Å². The highest BCUT2D eigenvalue weighted by Gasteiger charge is 2.03. The third-order valence-corrected chi connectivity index (χ3v) is 4.03. The van der Waals surface area contributed by atoms with Gasteiger partial charge in [-0.3, -0.25) is 0 Å². The molecule has 0 bridgehead atoms. The molecule has 0 atom stereocenters. The van der Waals surface area contributed by atoms with Gasteiger partial charge in [-0.05, 0) is 26.0 Å². The topological polar surface area (TPSA) is 37.8 Å². The largest absolute Gasteiger partial charge is 0.330 e. The van der Waals surface area contributed by atoms with E-state index in [1.54, 1.807) is 23.1 Å². The van der Waals surface area contributed by atoms with E-state index in [1.807, 2.05) is 30.3 Å². The second-order valence-corrected chi connectivity index (χ2v) is 6.20. The first-order chi connectivity index (χ1) is 8.74. The molecule has 0 saturated carbocycles. The maximum absolute atomic E-state index is 4.15. The third kappa shape index (κ3) is 4.16. The first-order valence-corrected chi connectivity index (χ1v) is 7.46. The molecule has 3 nitrogen and oxygen atoms in total. The minimum atomic E-state index is 0.834. The lowest BCUT2D eigenvalue weighted by atomic mass is 10.3. The molecule has 1 aromatic carbocycles. The lowest BCUT2D eigenvalue weighted by Gasteiger charge is -1.99. The predicted molar refractivity (Wildman–Crippen MR) is 79.8 cm³/mol. The third-order valence-electron chi connectivity index (χ3n) is 2.13. The van der Waals surface area contributed by atoms with Crippen molar-refractivity contribution in [2.75, 3.05) is 11.1 Å². The summed E-state index contributed by atoms with van der Waals surface area (Å²) in [6.07, 6.45) is 2.19. The Bertz CT molecular complexity index is 516.